The molecule has 1 fully saturated rings. The largest absolute Gasteiger partial charge is 0.508 e. The van der Waals surface area contributed by atoms with E-state index in [1.54, 1.807) is 24.3 Å². The molecule has 2 rings (SSSR count). The van der Waals surface area contributed by atoms with Crippen molar-refractivity contribution in [2.24, 2.45) is 5.92 Å². The van der Waals surface area contributed by atoms with Crippen LogP contribution >= 0.6 is 0 Å². The third-order valence-corrected chi connectivity index (χ3v) is 3.89. The first kappa shape index (κ1) is 13.4. The normalized spacial score (nSPS) is 25.8. The second-order valence-corrected chi connectivity index (χ2v) is 5.27. The van der Waals surface area contributed by atoms with Crippen molar-refractivity contribution in [3.8, 4) is 11.8 Å². The molecule has 0 aromatic heterocycles. The number of hydrogen-bond acceptors (Lipinski definition) is 3. The number of phenolic OH excluding ortho intramolecular Hbond substituents is 1. The summed E-state index contributed by atoms with van der Waals surface area (Å²) in [7, 11) is 0. The highest BCUT2D eigenvalue weighted by Crippen LogP contribution is 2.34. The Bertz CT molecular complexity index is 521. The smallest absolute Gasteiger partial charge is 0.225 e. The maximum absolute atomic E-state index is 12.0. The molecule has 2 atom stereocenters. The molecule has 1 aliphatic rings. The van der Waals surface area contributed by atoms with Gasteiger partial charge in [0.2, 0.25) is 5.91 Å². The summed E-state index contributed by atoms with van der Waals surface area (Å²) in [6, 6.07) is 8.90. The summed E-state index contributed by atoms with van der Waals surface area (Å²) in [5.74, 6) is 0.168. The zero-order valence-electron chi connectivity index (χ0n) is 11.0. The van der Waals surface area contributed by atoms with Gasteiger partial charge in [0.05, 0.1) is 12.5 Å². The van der Waals surface area contributed by atoms with Gasteiger partial charge in [0.25, 0.3) is 0 Å². The van der Waals surface area contributed by atoms with Crippen LogP contribution in [0.5, 0.6) is 5.75 Å². The minimum absolute atomic E-state index is 0.148. The number of benzene rings is 1. The molecule has 1 aliphatic carbocycles. The first-order valence-electron chi connectivity index (χ1n) is 6.56. The fourth-order valence-corrected chi connectivity index (χ4v) is 2.70. The summed E-state index contributed by atoms with van der Waals surface area (Å²) in [6.45, 7) is 2.00. The summed E-state index contributed by atoms with van der Waals surface area (Å²) >= 11 is 0. The number of nitrogens with one attached hydrogen (secondary N) is 1. The van der Waals surface area contributed by atoms with Crippen molar-refractivity contribution in [1.29, 1.82) is 5.26 Å². The van der Waals surface area contributed by atoms with Crippen molar-refractivity contribution in [3.05, 3.63) is 29.8 Å². The van der Waals surface area contributed by atoms with Crippen molar-refractivity contribution in [3.63, 3.8) is 0 Å². The maximum atomic E-state index is 12.0. The zero-order chi connectivity index (χ0) is 13.9. The molecular weight excluding hydrogens is 240 g/mol. The third-order valence-electron chi connectivity index (χ3n) is 3.89. The molecule has 1 aromatic carbocycles. The topological polar surface area (TPSA) is 73.1 Å². The van der Waals surface area contributed by atoms with E-state index in [-0.39, 0.29) is 24.0 Å². The van der Waals surface area contributed by atoms with E-state index in [9.17, 15) is 15.2 Å². The van der Waals surface area contributed by atoms with Crippen molar-refractivity contribution >= 4 is 5.91 Å². The predicted octanol–water partition coefficient (Wildman–Crippen LogP) is 2.13. The van der Waals surface area contributed by atoms with Crippen LogP contribution in [0, 0.1) is 17.2 Å². The van der Waals surface area contributed by atoms with E-state index >= 15 is 0 Å². The van der Waals surface area contributed by atoms with E-state index in [1.807, 2.05) is 6.92 Å². The van der Waals surface area contributed by atoms with E-state index < -0.39 is 5.54 Å². The number of rotatable bonds is 3. The molecule has 4 heteroatoms. The van der Waals surface area contributed by atoms with Crippen molar-refractivity contribution in [2.75, 3.05) is 0 Å². The van der Waals surface area contributed by atoms with Crippen molar-refractivity contribution in [1.82, 2.24) is 5.32 Å². The lowest BCUT2D eigenvalue weighted by molar-refractivity contribution is -0.122. The highest BCUT2D eigenvalue weighted by atomic mass is 16.3. The molecule has 0 saturated heterocycles. The standard InChI is InChI=1S/C15H18N2O2/c1-11-4-3-7-15(11,10-16)17-14(19)9-12-5-2-6-13(18)8-12/h2,5-6,8,11,18H,3-4,7,9H2,1H3,(H,17,19)/t11-,15+/m1/s1. The molecule has 0 aliphatic heterocycles. The molecule has 100 valence electrons. The number of amides is 1. The number of carbonyl (C=O) groups excluding carboxylic acids is 1. The Morgan fingerprint density at radius 3 is 3.00 bits per heavy atom. The third kappa shape index (κ3) is 2.87. The molecule has 1 saturated carbocycles. The average Bonchev–Trinajstić information content (AvgIpc) is 2.71. The molecule has 4 nitrogen and oxygen atoms in total. The molecule has 1 aromatic rings. The molecule has 2 N–H and O–H groups in total. The van der Waals surface area contributed by atoms with Crippen LogP contribution in [-0.4, -0.2) is 16.6 Å². The van der Waals surface area contributed by atoms with Gasteiger partial charge in [-0.15, -0.1) is 0 Å². The average molecular weight is 258 g/mol. The Labute approximate surface area is 113 Å². The lowest BCUT2D eigenvalue weighted by atomic mass is 9.89. The quantitative estimate of drug-likeness (QED) is 0.872. The van der Waals surface area contributed by atoms with E-state index in [4.69, 9.17) is 0 Å². The Hall–Kier alpha value is -2.02. The Kier molecular flexibility index (Phi) is 3.75. The van der Waals surface area contributed by atoms with Gasteiger partial charge in [-0.2, -0.15) is 5.26 Å². The molecule has 1 amide bonds. The summed E-state index contributed by atoms with van der Waals surface area (Å²) in [4.78, 5) is 12.0. The van der Waals surface area contributed by atoms with Crippen LogP contribution < -0.4 is 5.32 Å². The maximum Gasteiger partial charge on any atom is 0.225 e. The SMILES string of the molecule is C[C@@H]1CCC[C@@]1(C#N)NC(=O)Cc1cccc(O)c1. The number of hydrogen-bond donors (Lipinski definition) is 2. The van der Waals surface area contributed by atoms with Crippen LogP contribution in [0.2, 0.25) is 0 Å². The van der Waals surface area contributed by atoms with Gasteiger partial charge >= 0.3 is 0 Å². The van der Waals surface area contributed by atoms with Crippen LogP contribution in [0.4, 0.5) is 0 Å². The van der Waals surface area contributed by atoms with Crippen LogP contribution in [0.1, 0.15) is 31.7 Å². The second-order valence-electron chi connectivity index (χ2n) is 5.27. The van der Waals surface area contributed by atoms with E-state index in [0.29, 0.717) is 0 Å². The fourth-order valence-electron chi connectivity index (χ4n) is 2.70. The van der Waals surface area contributed by atoms with Crippen LogP contribution in [0.3, 0.4) is 0 Å². The zero-order valence-corrected chi connectivity index (χ0v) is 11.0. The van der Waals surface area contributed by atoms with Crippen LogP contribution in [0.15, 0.2) is 24.3 Å². The van der Waals surface area contributed by atoms with E-state index in [0.717, 1.165) is 24.8 Å². The first-order chi connectivity index (χ1) is 9.05. The monoisotopic (exact) mass is 258 g/mol. The molecule has 0 spiro atoms. The minimum atomic E-state index is -0.714. The van der Waals surface area contributed by atoms with Crippen LogP contribution in [0.25, 0.3) is 0 Å². The first-order valence-corrected chi connectivity index (χ1v) is 6.56. The van der Waals surface area contributed by atoms with Gasteiger partial charge in [-0.1, -0.05) is 19.1 Å². The highest BCUT2D eigenvalue weighted by molar-refractivity contribution is 5.80. The van der Waals surface area contributed by atoms with Gasteiger partial charge in [0, 0.05) is 0 Å². The molecule has 0 radical (unpaired) electrons. The molecule has 0 heterocycles. The van der Waals surface area contributed by atoms with Gasteiger partial charge in [-0.25, -0.2) is 0 Å². The molecular formula is C15H18N2O2. The summed E-state index contributed by atoms with van der Waals surface area (Å²) in [6.07, 6.45) is 2.85. The lowest BCUT2D eigenvalue weighted by Gasteiger charge is -2.27. The lowest BCUT2D eigenvalue weighted by Crippen LogP contribution is -2.49. The van der Waals surface area contributed by atoms with Gasteiger partial charge in [0.1, 0.15) is 11.3 Å². The van der Waals surface area contributed by atoms with Gasteiger partial charge < -0.3 is 10.4 Å². The minimum Gasteiger partial charge on any atom is -0.508 e. The van der Waals surface area contributed by atoms with Gasteiger partial charge in [-0.3, -0.25) is 4.79 Å². The van der Waals surface area contributed by atoms with E-state index in [2.05, 4.69) is 11.4 Å². The van der Waals surface area contributed by atoms with Crippen LogP contribution in [-0.2, 0) is 11.2 Å². The second kappa shape index (κ2) is 5.31. The Balaban J connectivity index is 2.03. The summed E-state index contributed by atoms with van der Waals surface area (Å²) < 4.78 is 0. The number of nitrogens with zero attached hydrogens (tertiary/aromatic N) is 1. The predicted molar refractivity (Wildman–Crippen MR) is 71.3 cm³/mol. The summed E-state index contributed by atoms with van der Waals surface area (Å²) in [5, 5.41) is 21.6. The number of phenols is 1. The van der Waals surface area contributed by atoms with Crippen molar-refractivity contribution < 1.29 is 9.90 Å². The number of nitriles is 1. The van der Waals surface area contributed by atoms with E-state index in [1.165, 1.54) is 0 Å². The molecule has 0 bridgehead atoms. The molecule has 19 heavy (non-hydrogen) atoms. The van der Waals surface area contributed by atoms with Crippen molar-refractivity contribution in [2.45, 2.75) is 38.1 Å². The summed E-state index contributed by atoms with van der Waals surface area (Å²) in [5.41, 5.74) is 0.0321. The number of carbonyl (C=O) groups is 1. The fraction of sp³-hybridized carbons (Fsp3) is 0.467. The highest BCUT2D eigenvalue weighted by Gasteiger charge is 2.41. The molecule has 0 unspecified atom stereocenters. The Morgan fingerprint density at radius 1 is 1.63 bits per heavy atom. The van der Waals surface area contributed by atoms with Gasteiger partial charge in [-0.05, 0) is 42.9 Å². The Morgan fingerprint density at radius 2 is 2.42 bits per heavy atom. The van der Waals surface area contributed by atoms with Gasteiger partial charge in [0.15, 0.2) is 0 Å². The number of aromatic hydroxyl groups is 1.